The maximum atomic E-state index is 11.5. The molecule has 18 heavy (non-hydrogen) atoms. The summed E-state index contributed by atoms with van der Waals surface area (Å²) in [6.45, 7) is 0. The molecular formula is C12H13BrN4O. The van der Waals surface area contributed by atoms with Gasteiger partial charge in [-0.1, -0.05) is 15.9 Å². The first-order valence-electron chi connectivity index (χ1n) is 5.60. The van der Waals surface area contributed by atoms with Crippen molar-refractivity contribution in [3.8, 4) is 5.82 Å². The van der Waals surface area contributed by atoms with Crippen molar-refractivity contribution in [3.05, 3.63) is 37.1 Å². The number of carbonyl (C=O) groups excluding carboxylic acids is 1. The van der Waals surface area contributed by atoms with Crippen LogP contribution < -0.4 is 5.32 Å². The lowest BCUT2D eigenvalue weighted by atomic mass is 10.3. The van der Waals surface area contributed by atoms with Gasteiger partial charge >= 0.3 is 0 Å². The zero-order chi connectivity index (χ0) is 12.8. The smallest absolute Gasteiger partial charge is 0.224 e. The first kappa shape index (κ1) is 12.8. The first-order valence-corrected chi connectivity index (χ1v) is 6.72. The summed E-state index contributed by atoms with van der Waals surface area (Å²) in [6.07, 6.45) is 8.16. The monoisotopic (exact) mass is 308 g/mol. The van der Waals surface area contributed by atoms with Gasteiger partial charge in [0, 0.05) is 24.1 Å². The van der Waals surface area contributed by atoms with E-state index in [0.29, 0.717) is 12.1 Å². The van der Waals surface area contributed by atoms with Gasteiger partial charge in [-0.3, -0.25) is 9.36 Å². The topological polar surface area (TPSA) is 59.8 Å². The van der Waals surface area contributed by atoms with Crippen LogP contribution in [0.1, 0.15) is 12.8 Å². The third-order valence-corrected chi connectivity index (χ3v) is 2.90. The van der Waals surface area contributed by atoms with Crippen LogP contribution in [-0.4, -0.2) is 25.8 Å². The standard InChI is InChI=1S/C12H13BrN4O/c13-5-1-2-12(18)16-10-3-4-11(15-8-10)17-7-6-14-9-17/h3-4,6-9H,1-2,5H2,(H,16,18). The van der Waals surface area contributed by atoms with E-state index in [1.807, 2.05) is 18.3 Å². The second-order valence-corrected chi connectivity index (χ2v) is 4.51. The van der Waals surface area contributed by atoms with E-state index in [-0.39, 0.29) is 5.91 Å². The largest absolute Gasteiger partial charge is 0.325 e. The molecular weight excluding hydrogens is 296 g/mol. The van der Waals surface area contributed by atoms with Crippen LogP contribution in [0.5, 0.6) is 0 Å². The van der Waals surface area contributed by atoms with Gasteiger partial charge in [-0.15, -0.1) is 0 Å². The predicted molar refractivity (Wildman–Crippen MR) is 73.0 cm³/mol. The molecule has 0 aliphatic rings. The van der Waals surface area contributed by atoms with E-state index < -0.39 is 0 Å². The van der Waals surface area contributed by atoms with Gasteiger partial charge in [-0.05, 0) is 18.6 Å². The van der Waals surface area contributed by atoms with Crippen LogP contribution in [0.2, 0.25) is 0 Å². The van der Waals surface area contributed by atoms with Crippen molar-refractivity contribution in [1.82, 2.24) is 14.5 Å². The fourth-order valence-electron chi connectivity index (χ4n) is 1.46. The molecule has 2 rings (SSSR count). The molecule has 0 fully saturated rings. The summed E-state index contributed by atoms with van der Waals surface area (Å²) in [6, 6.07) is 3.66. The molecule has 5 nitrogen and oxygen atoms in total. The Morgan fingerprint density at radius 2 is 2.33 bits per heavy atom. The normalized spacial score (nSPS) is 10.3. The molecule has 0 saturated heterocycles. The fourth-order valence-corrected chi connectivity index (χ4v) is 1.74. The Labute approximate surface area is 113 Å². The molecule has 2 aromatic heterocycles. The summed E-state index contributed by atoms with van der Waals surface area (Å²) < 4.78 is 1.80. The highest BCUT2D eigenvalue weighted by molar-refractivity contribution is 9.09. The zero-order valence-electron chi connectivity index (χ0n) is 9.71. The molecule has 0 unspecified atom stereocenters. The van der Waals surface area contributed by atoms with Gasteiger partial charge in [0.2, 0.25) is 5.91 Å². The van der Waals surface area contributed by atoms with Gasteiger partial charge < -0.3 is 5.32 Å². The molecule has 0 radical (unpaired) electrons. The van der Waals surface area contributed by atoms with Gasteiger partial charge in [0.15, 0.2) is 0 Å². The Hall–Kier alpha value is -1.69. The number of carbonyl (C=O) groups is 1. The average molecular weight is 309 g/mol. The summed E-state index contributed by atoms with van der Waals surface area (Å²) in [4.78, 5) is 19.7. The Balaban J connectivity index is 1.98. The van der Waals surface area contributed by atoms with E-state index in [0.717, 1.165) is 17.6 Å². The van der Waals surface area contributed by atoms with E-state index in [9.17, 15) is 4.79 Å². The molecule has 0 aliphatic carbocycles. The van der Waals surface area contributed by atoms with Crippen molar-refractivity contribution in [2.75, 3.05) is 10.6 Å². The molecule has 0 aromatic carbocycles. The van der Waals surface area contributed by atoms with Crippen LogP contribution >= 0.6 is 15.9 Å². The number of pyridine rings is 1. The number of nitrogens with one attached hydrogen (secondary N) is 1. The Morgan fingerprint density at radius 3 is 2.94 bits per heavy atom. The number of halogens is 1. The SMILES string of the molecule is O=C(CCCBr)Nc1ccc(-n2ccnc2)nc1. The highest BCUT2D eigenvalue weighted by Gasteiger charge is 2.02. The maximum absolute atomic E-state index is 11.5. The lowest BCUT2D eigenvalue weighted by Gasteiger charge is -2.05. The van der Waals surface area contributed by atoms with Gasteiger partial charge in [-0.2, -0.15) is 0 Å². The van der Waals surface area contributed by atoms with Crippen molar-refractivity contribution >= 4 is 27.5 Å². The molecule has 0 aliphatic heterocycles. The molecule has 94 valence electrons. The molecule has 1 amide bonds. The number of hydrogen-bond donors (Lipinski definition) is 1. The third kappa shape index (κ3) is 3.40. The average Bonchev–Trinajstić information content (AvgIpc) is 2.91. The number of hydrogen-bond acceptors (Lipinski definition) is 3. The predicted octanol–water partition coefficient (Wildman–Crippen LogP) is 2.38. The van der Waals surface area contributed by atoms with E-state index in [4.69, 9.17) is 0 Å². The van der Waals surface area contributed by atoms with Crippen molar-refractivity contribution in [2.45, 2.75) is 12.8 Å². The Morgan fingerprint density at radius 1 is 1.44 bits per heavy atom. The summed E-state index contributed by atoms with van der Waals surface area (Å²) in [7, 11) is 0. The van der Waals surface area contributed by atoms with Crippen molar-refractivity contribution < 1.29 is 4.79 Å². The molecule has 6 heteroatoms. The Bertz CT molecular complexity index is 495. The summed E-state index contributed by atoms with van der Waals surface area (Å²) in [5.74, 6) is 0.776. The minimum absolute atomic E-state index is 0.00614. The Kier molecular flexibility index (Phi) is 4.46. The lowest BCUT2D eigenvalue weighted by molar-refractivity contribution is -0.116. The number of amides is 1. The minimum Gasteiger partial charge on any atom is -0.325 e. The minimum atomic E-state index is 0.00614. The summed E-state index contributed by atoms with van der Waals surface area (Å²) >= 11 is 3.29. The highest BCUT2D eigenvalue weighted by Crippen LogP contribution is 2.10. The number of alkyl halides is 1. The molecule has 2 aromatic rings. The van der Waals surface area contributed by atoms with Crippen molar-refractivity contribution in [1.29, 1.82) is 0 Å². The first-order chi connectivity index (χ1) is 8.79. The van der Waals surface area contributed by atoms with Crippen LogP contribution in [0, 0.1) is 0 Å². The lowest BCUT2D eigenvalue weighted by Crippen LogP contribution is -2.11. The number of nitrogens with zero attached hydrogens (tertiary/aromatic N) is 3. The highest BCUT2D eigenvalue weighted by atomic mass is 79.9. The molecule has 0 bridgehead atoms. The number of anilines is 1. The van der Waals surface area contributed by atoms with Crippen LogP contribution in [0.15, 0.2) is 37.1 Å². The van der Waals surface area contributed by atoms with Gasteiger partial charge in [0.1, 0.15) is 12.1 Å². The molecule has 1 N–H and O–H groups in total. The number of imidazole rings is 1. The molecule has 0 spiro atoms. The summed E-state index contributed by atoms with van der Waals surface area (Å²) in [5, 5.41) is 3.63. The van der Waals surface area contributed by atoms with Gasteiger partial charge in [0.25, 0.3) is 0 Å². The van der Waals surface area contributed by atoms with E-state index >= 15 is 0 Å². The third-order valence-electron chi connectivity index (χ3n) is 2.34. The van der Waals surface area contributed by atoms with Crippen molar-refractivity contribution in [3.63, 3.8) is 0 Å². The zero-order valence-corrected chi connectivity index (χ0v) is 11.3. The van der Waals surface area contributed by atoms with E-state index in [2.05, 4.69) is 31.2 Å². The van der Waals surface area contributed by atoms with Crippen LogP contribution in [0.3, 0.4) is 0 Å². The van der Waals surface area contributed by atoms with Crippen LogP contribution in [0.4, 0.5) is 5.69 Å². The second kappa shape index (κ2) is 6.30. The molecule has 2 heterocycles. The van der Waals surface area contributed by atoms with E-state index in [1.54, 1.807) is 23.3 Å². The number of rotatable bonds is 5. The number of aromatic nitrogens is 3. The van der Waals surface area contributed by atoms with Gasteiger partial charge in [-0.25, -0.2) is 9.97 Å². The quantitative estimate of drug-likeness (QED) is 0.863. The molecule has 0 saturated carbocycles. The molecule has 0 atom stereocenters. The van der Waals surface area contributed by atoms with Gasteiger partial charge in [0.05, 0.1) is 11.9 Å². The van der Waals surface area contributed by atoms with E-state index in [1.165, 1.54) is 0 Å². The maximum Gasteiger partial charge on any atom is 0.224 e. The van der Waals surface area contributed by atoms with Crippen molar-refractivity contribution in [2.24, 2.45) is 0 Å². The fraction of sp³-hybridized carbons (Fsp3) is 0.250. The second-order valence-electron chi connectivity index (χ2n) is 3.72. The van der Waals surface area contributed by atoms with Crippen LogP contribution in [0.25, 0.3) is 5.82 Å². The summed E-state index contributed by atoms with van der Waals surface area (Å²) in [5.41, 5.74) is 0.707. The van der Waals surface area contributed by atoms with Crippen LogP contribution in [-0.2, 0) is 4.79 Å².